The lowest BCUT2D eigenvalue weighted by Gasteiger charge is -2.16. The van der Waals surface area contributed by atoms with Crippen molar-refractivity contribution < 1.29 is 13.2 Å². The van der Waals surface area contributed by atoms with Crippen LogP contribution in [0.4, 0.5) is 10.8 Å². The number of nitriles is 1. The van der Waals surface area contributed by atoms with Crippen LogP contribution in [0.3, 0.4) is 0 Å². The standard InChI is InChI=1S/C22H24N6O3S3/c1-4-6-16-8-7-15(13-23)21(25-16)33-19(5-2)20(29)24-17-9-11-18(12-10-17)34(30,31)28-22-27-26-14(3)32-22/h7-12,19H,4-6H2,1-3H3,(H,24,29)(H,27,28). The normalized spacial score (nSPS) is 12.1. The van der Waals surface area contributed by atoms with Crippen LogP contribution in [-0.4, -0.2) is 34.8 Å². The van der Waals surface area contributed by atoms with E-state index < -0.39 is 15.3 Å². The van der Waals surface area contributed by atoms with E-state index in [0.29, 0.717) is 27.7 Å². The monoisotopic (exact) mass is 516 g/mol. The number of benzene rings is 1. The second-order valence-corrected chi connectivity index (χ2v) is 11.3. The zero-order chi connectivity index (χ0) is 24.7. The molecule has 0 saturated heterocycles. The zero-order valence-corrected chi connectivity index (χ0v) is 21.4. The van der Waals surface area contributed by atoms with Gasteiger partial charge in [-0.2, -0.15) is 5.26 Å². The number of anilines is 2. The van der Waals surface area contributed by atoms with E-state index in [1.54, 1.807) is 13.0 Å². The van der Waals surface area contributed by atoms with E-state index >= 15 is 0 Å². The Balaban J connectivity index is 1.69. The van der Waals surface area contributed by atoms with E-state index in [2.05, 4.69) is 38.2 Å². The summed E-state index contributed by atoms with van der Waals surface area (Å²) < 4.78 is 27.5. The van der Waals surface area contributed by atoms with Crippen molar-refractivity contribution in [1.29, 1.82) is 5.26 Å². The highest BCUT2D eigenvalue weighted by Crippen LogP contribution is 2.29. The van der Waals surface area contributed by atoms with Gasteiger partial charge >= 0.3 is 0 Å². The lowest BCUT2D eigenvalue weighted by atomic mass is 10.2. The van der Waals surface area contributed by atoms with Crippen molar-refractivity contribution in [3.63, 3.8) is 0 Å². The van der Waals surface area contributed by atoms with Crippen LogP contribution in [0.5, 0.6) is 0 Å². The Morgan fingerprint density at radius 1 is 1.18 bits per heavy atom. The average molecular weight is 517 g/mol. The summed E-state index contributed by atoms with van der Waals surface area (Å²) in [5, 5.41) is 20.7. The molecule has 12 heteroatoms. The topological polar surface area (TPSA) is 138 Å². The highest BCUT2D eigenvalue weighted by atomic mass is 32.2. The molecule has 2 aromatic heterocycles. The molecule has 34 heavy (non-hydrogen) atoms. The van der Waals surface area contributed by atoms with Gasteiger partial charge in [-0.3, -0.25) is 9.52 Å². The fourth-order valence-electron chi connectivity index (χ4n) is 2.96. The van der Waals surface area contributed by atoms with Crippen LogP contribution in [0.1, 0.15) is 43.0 Å². The first-order valence-electron chi connectivity index (χ1n) is 10.6. The first kappa shape index (κ1) is 25.6. The summed E-state index contributed by atoms with van der Waals surface area (Å²) in [6.07, 6.45) is 2.26. The number of aromatic nitrogens is 3. The quantitative estimate of drug-likeness (QED) is 0.379. The molecule has 0 aliphatic heterocycles. The maximum Gasteiger partial charge on any atom is 0.263 e. The molecule has 0 radical (unpaired) electrons. The maximum atomic E-state index is 12.9. The first-order valence-corrected chi connectivity index (χ1v) is 13.7. The minimum absolute atomic E-state index is 0.0374. The van der Waals surface area contributed by atoms with E-state index in [0.717, 1.165) is 29.9 Å². The molecule has 0 aliphatic carbocycles. The zero-order valence-electron chi connectivity index (χ0n) is 18.9. The summed E-state index contributed by atoms with van der Waals surface area (Å²) in [6.45, 7) is 5.67. The van der Waals surface area contributed by atoms with Gasteiger partial charge in [-0.15, -0.1) is 10.2 Å². The molecule has 1 amide bonds. The van der Waals surface area contributed by atoms with Gasteiger partial charge in [0.1, 0.15) is 16.1 Å². The predicted octanol–water partition coefficient (Wildman–Crippen LogP) is 4.38. The van der Waals surface area contributed by atoms with Crippen molar-refractivity contribution in [2.45, 2.75) is 55.2 Å². The van der Waals surface area contributed by atoms with Crippen LogP contribution in [-0.2, 0) is 21.2 Å². The van der Waals surface area contributed by atoms with Crippen LogP contribution in [0.15, 0.2) is 46.3 Å². The third kappa shape index (κ3) is 6.53. The number of nitrogens with one attached hydrogen (secondary N) is 2. The lowest BCUT2D eigenvalue weighted by Crippen LogP contribution is -2.25. The van der Waals surface area contributed by atoms with E-state index in [1.807, 2.05) is 13.0 Å². The SMILES string of the molecule is CCCc1ccc(C#N)c(SC(CC)C(=O)Nc2ccc(S(=O)(=O)Nc3nnc(C)s3)cc2)n1. The maximum absolute atomic E-state index is 12.9. The van der Waals surface area contributed by atoms with E-state index in [-0.39, 0.29) is 15.9 Å². The molecule has 3 rings (SSSR count). The van der Waals surface area contributed by atoms with Crippen molar-refractivity contribution in [3.8, 4) is 6.07 Å². The van der Waals surface area contributed by atoms with E-state index in [4.69, 9.17) is 0 Å². The number of hydrogen-bond donors (Lipinski definition) is 2. The molecule has 0 spiro atoms. The lowest BCUT2D eigenvalue weighted by molar-refractivity contribution is -0.115. The Bertz CT molecular complexity index is 1300. The fourth-order valence-corrected chi connectivity index (χ4v) is 5.79. The number of amides is 1. The van der Waals surface area contributed by atoms with Crippen molar-refractivity contribution >= 4 is 49.8 Å². The third-order valence-electron chi connectivity index (χ3n) is 4.64. The molecule has 2 heterocycles. The minimum Gasteiger partial charge on any atom is -0.325 e. The van der Waals surface area contributed by atoms with Gasteiger partial charge in [-0.05, 0) is 56.2 Å². The molecular weight excluding hydrogens is 492 g/mol. The number of aryl methyl sites for hydroxylation is 2. The molecule has 2 N–H and O–H groups in total. The van der Waals surface area contributed by atoms with Gasteiger partial charge in [0.25, 0.3) is 10.0 Å². The van der Waals surface area contributed by atoms with Crippen LogP contribution >= 0.6 is 23.1 Å². The Hall–Kier alpha value is -3.01. The molecule has 9 nitrogen and oxygen atoms in total. The molecule has 1 atom stereocenters. The predicted molar refractivity (Wildman–Crippen MR) is 133 cm³/mol. The Labute approximate surface area is 207 Å². The summed E-state index contributed by atoms with van der Waals surface area (Å²) in [7, 11) is -3.82. The largest absolute Gasteiger partial charge is 0.325 e. The Morgan fingerprint density at radius 3 is 2.50 bits per heavy atom. The van der Waals surface area contributed by atoms with Crippen LogP contribution in [0.2, 0.25) is 0 Å². The Morgan fingerprint density at radius 2 is 1.91 bits per heavy atom. The number of sulfonamides is 1. The van der Waals surface area contributed by atoms with E-state index in [9.17, 15) is 18.5 Å². The van der Waals surface area contributed by atoms with Gasteiger partial charge in [-0.25, -0.2) is 13.4 Å². The molecule has 0 bridgehead atoms. The molecule has 178 valence electrons. The highest BCUT2D eigenvalue weighted by Gasteiger charge is 2.22. The number of carbonyl (C=O) groups excluding carboxylic acids is 1. The van der Waals surface area contributed by atoms with Crippen molar-refractivity contribution in [2.75, 3.05) is 10.0 Å². The number of thioether (sulfide) groups is 1. The van der Waals surface area contributed by atoms with Crippen LogP contribution < -0.4 is 10.0 Å². The number of hydrogen-bond acceptors (Lipinski definition) is 9. The van der Waals surface area contributed by atoms with Gasteiger partial charge in [0.15, 0.2) is 0 Å². The number of pyridine rings is 1. The van der Waals surface area contributed by atoms with Crippen LogP contribution in [0.25, 0.3) is 0 Å². The molecule has 1 aromatic carbocycles. The second-order valence-electron chi connectivity index (χ2n) is 7.28. The number of rotatable bonds is 10. The molecular formula is C22H24N6O3S3. The summed E-state index contributed by atoms with van der Waals surface area (Å²) in [6, 6.07) is 11.6. The number of carbonyl (C=O) groups is 1. The van der Waals surface area contributed by atoms with Gasteiger partial charge in [-0.1, -0.05) is 43.4 Å². The molecule has 0 aliphatic rings. The third-order valence-corrected chi connectivity index (χ3v) is 8.25. The van der Waals surface area contributed by atoms with Gasteiger partial charge in [0.2, 0.25) is 11.0 Å². The molecule has 0 fully saturated rings. The summed E-state index contributed by atoms with van der Waals surface area (Å²) in [4.78, 5) is 17.5. The van der Waals surface area contributed by atoms with Crippen LogP contribution in [0, 0.1) is 18.3 Å². The van der Waals surface area contributed by atoms with Gasteiger partial charge in [0, 0.05) is 11.4 Å². The summed E-state index contributed by atoms with van der Waals surface area (Å²) in [5.74, 6) is -0.253. The van der Waals surface area contributed by atoms with Crippen molar-refractivity contribution in [1.82, 2.24) is 15.2 Å². The molecule has 0 saturated carbocycles. The summed E-state index contributed by atoms with van der Waals surface area (Å²) in [5.41, 5.74) is 1.78. The Kier molecular flexibility index (Phi) is 8.60. The molecule has 1 unspecified atom stereocenters. The highest BCUT2D eigenvalue weighted by molar-refractivity contribution is 8.00. The van der Waals surface area contributed by atoms with Gasteiger partial charge < -0.3 is 5.32 Å². The summed E-state index contributed by atoms with van der Waals surface area (Å²) >= 11 is 2.39. The first-order chi connectivity index (χ1) is 16.2. The van der Waals surface area contributed by atoms with Crippen molar-refractivity contribution in [2.24, 2.45) is 0 Å². The smallest absolute Gasteiger partial charge is 0.263 e. The minimum atomic E-state index is -3.82. The van der Waals surface area contributed by atoms with Gasteiger partial charge in [0.05, 0.1) is 15.7 Å². The van der Waals surface area contributed by atoms with E-state index in [1.165, 1.54) is 36.0 Å². The van der Waals surface area contributed by atoms with Crippen molar-refractivity contribution in [3.05, 3.63) is 52.7 Å². The fraction of sp³-hybridized carbons (Fsp3) is 0.318. The second kappa shape index (κ2) is 11.4. The molecule has 3 aromatic rings. The average Bonchev–Trinajstić information content (AvgIpc) is 3.21. The number of nitrogens with zero attached hydrogens (tertiary/aromatic N) is 4.